The van der Waals surface area contributed by atoms with Crippen LogP contribution in [-0.4, -0.2) is 28.7 Å². The minimum Gasteiger partial charge on any atom is -0.378 e. The van der Waals surface area contributed by atoms with Crippen LogP contribution in [0.4, 0.5) is 11.8 Å². The van der Waals surface area contributed by atoms with Gasteiger partial charge in [-0.25, -0.2) is 10.8 Å². The Balaban J connectivity index is 1.98. The summed E-state index contributed by atoms with van der Waals surface area (Å²) >= 11 is 0. The Hall–Kier alpha value is -1.40. The molecule has 4 N–H and O–H groups in total. The number of rotatable bonds is 5. The van der Waals surface area contributed by atoms with Gasteiger partial charge in [0.2, 0.25) is 5.95 Å². The van der Waals surface area contributed by atoms with Gasteiger partial charge in [-0.15, -0.1) is 0 Å². The van der Waals surface area contributed by atoms with Crippen LogP contribution in [0.3, 0.4) is 0 Å². The van der Waals surface area contributed by atoms with Crippen molar-refractivity contribution in [2.45, 2.75) is 39.3 Å². The van der Waals surface area contributed by atoms with E-state index in [-0.39, 0.29) is 5.41 Å². The van der Waals surface area contributed by atoms with Crippen LogP contribution in [-0.2, 0) is 4.74 Å². The summed E-state index contributed by atoms with van der Waals surface area (Å²) in [6.45, 7) is 7.20. The highest BCUT2D eigenvalue weighted by Crippen LogP contribution is 2.44. The molecule has 1 aromatic rings. The SMILES string of the molecule is CCOC1CC(Nc2ccnc(NN)n2)C1(C)C. The number of ether oxygens (including phenoxy) is 1. The van der Waals surface area contributed by atoms with Crippen LogP contribution in [0.25, 0.3) is 0 Å². The van der Waals surface area contributed by atoms with Crippen LogP contribution in [0.15, 0.2) is 12.3 Å². The smallest absolute Gasteiger partial charge is 0.239 e. The summed E-state index contributed by atoms with van der Waals surface area (Å²) in [6.07, 6.45) is 2.99. The zero-order chi connectivity index (χ0) is 13.2. The summed E-state index contributed by atoms with van der Waals surface area (Å²) < 4.78 is 5.70. The molecule has 0 aromatic carbocycles. The summed E-state index contributed by atoms with van der Waals surface area (Å²) in [5.41, 5.74) is 2.55. The topological polar surface area (TPSA) is 85.1 Å². The molecule has 0 radical (unpaired) electrons. The summed E-state index contributed by atoms with van der Waals surface area (Å²) in [4.78, 5) is 8.23. The van der Waals surface area contributed by atoms with Crippen LogP contribution in [0, 0.1) is 5.41 Å². The van der Waals surface area contributed by atoms with Gasteiger partial charge in [0, 0.05) is 24.3 Å². The number of nitrogen functional groups attached to an aromatic ring is 1. The second-order valence-electron chi connectivity index (χ2n) is 5.11. The monoisotopic (exact) mass is 251 g/mol. The molecule has 6 nitrogen and oxygen atoms in total. The molecule has 100 valence electrons. The van der Waals surface area contributed by atoms with Crippen molar-refractivity contribution in [3.05, 3.63) is 12.3 Å². The first-order valence-corrected chi connectivity index (χ1v) is 6.25. The maximum atomic E-state index is 5.70. The molecule has 0 spiro atoms. The van der Waals surface area contributed by atoms with E-state index in [1.165, 1.54) is 0 Å². The van der Waals surface area contributed by atoms with E-state index < -0.39 is 0 Å². The number of anilines is 2. The lowest BCUT2D eigenvalue weighted by Crippen LogP contribution is -2.58. The van der Waals surface area contributed by atoms with Crippen LogP contribution in [0.5, 0.6) is 0 Å². The van der Waals surface area contributed by atoms with Crippen LogP contribution >= 0.6 is 0 Å². The normalized spacial score (nSPS) is 25.3. The summed E-state index contributed by atoms with van der Waals surface area (Å²) in [6, 6.07) is 2.19. The molecule has 1 saturated carbocycles. The Morgan fingerprint density at radius 2 is 2.33 bits per heavy atom. The maximum Gasteiger partial charge on any atom is 0.239 e. The van der Waals surface area contributed by atoms with Gasteiger partial charge in [-0.05, 0) is 19.4 Å². The third-order valence-corrected chi connectivity index (χ3v) is 3.65. The average molecular weight is 251 g/mol. The number of hydrogen-bond donors (Lipinski definition) is 3. The van der Waals surface area contributed by atoms with Crippen LogP contribution in [0.1, 0.15) is 27.2 Å². The second kappa shape index (κ2) is 5.07. The van der Waals surface area contributed by atoms with Crippen molar-refractivity contribution in [2.24, 2.45) is 11.3 Å². The van der Waals surface area contributed by atoms with E-state index >= 15 is 0 Å². The quantitative estimate of drug-likeness (QED) is 0.541. The average Bonchev–Trinajstić information content (AvgIpc) is 2.38. The van der Waals surface area contributed by atoms with E-state index in [9.17, 15) is 0 Å². The Morgan fingerprint density at radius 3 is 2.94 bits per heavy atom. The molecule has 1 aromatic heterocycles. The van der Waals surface area contributed by atoms with Crippen LogP contribution in [0.2, 0.25) is 0 Å². The first-order valence-electron chi connectivity index (χ1n) is 6.25. The fourth-order valence-corrected chi connectivity index (χ4v) is 2.30. The predicted octanol–water partition coefficient (Wildman–Crippen LogP) is 1.38. The molecule has 1 fully saturated rings. The Bertz CT molecular complexity index is 409. The van der Waals surface area contributed by atoms with Gasteiger partial charge in [0.25, 0.3) is 0 Å². The number of hydrazine groups is 1. The van der Waals surface area contributed by atoms with Crippen molar-refractivity contribution in [2.75, 3.05) is 17.3 Å². The van der Waals surface area contributed by atoms with E-state index in [1.54, 1.807) is 6.20 Å². The van der Waals surface area contributed by atoms with Gasteiger partial charge in [0.15, 0.2) is 0 Å². The number of aromatic nitrogens is 2. The Morgan fingerprint density at radius 1 is 1.56 bits per heavy atom. The molecular formula is C12H21N5O. The second-order valence-corrected chi connectivity index (χ2v) is 5.11. The third-order valence-electron chi connectivity index (χ3n) is 3.65. The molecule has 2 atom stereocenters. The molecule has 1 heterocycles. The molecule has 6 heteroatoms. The van der Waals surface area contributed by atoms with Gasteiger partial charge < -0.3 is 10.1 Å². The molecule has 0 amide bonds. The van der Waals surface area contributed by atoms with Gasteiger partial charge in [0.05, 0.1) is 6.10 Å². The molecular weight excluding hydrogens is 230 g/mol. The maximum absolute atomic E-state index is 5.70. The molecule has 0 aliphatic heterocycles. The molecule has 1 aliphatic rings. The Kier molecular flexibility index (Phi) is 3.68. The van der Waals surface area contributed by atoms with Crippen molar-refractivity contribution in [3.63, 3.8) is 0 Å². The fraction of sp³-hybridized carbons (Fsp3) is 0.667. The molecule has 1 aliphatic carbocycles. The zero-order valence-corrected chi connectivity index (χ0v) is 11.1. The van der Waals surface area contributed by atoms with Gasteiger partial charge in [-0.3, -0.25) is 5.43 Å². The van der Waals surface area contributed by atoms with Crippen LogP contribution < -0.4 is 16.6 Å². The molecule has 2 unspecified atom stereocenters. The predicted molar refractivity (Wildman–Crippen MR) is 71.1 cm³/mol. The number of hydrogen-bond acceptors (Lipinski definition) is 6. The summed E-state index contributed by atoms with van der Waals surface area (Å²) in [7, 11) is 0. The molecule has 18 heavy (non-hydrogen) atoms. The third kappa shape index (κ3) is 2.39. The highest BCUT2D eigenvalue weighted by Gasteiger charge is 2.49. The first-order chi connectivity index (χ1) is 8.57. The minimum absolute atomic E-state index is 0.108. The number of nitrogens with two attached hydrogens (primary N) is 1. The molecule has 2 rings (SSSR count). The van der Waals surface area contributed by atoms with Gasteiger partial charge in [0.1, 0.15) is 5.82 Å². The molecule has 0 saturated heterocycles. The highest BCUT2D eigenvalue weighted by atomic mass is 16.5. The lowest BCUT2D eigenvalue weighted by atomic mass is 9.64. The lowest BCUT2D eigenvalue weighted by molar-refractivity contribution is -0.0976. The van der Waals surface area contributed by atoms with Crippen molar-refractivity contribution >= 4 is 11.8 Å². The van der Waals surface area contributed by atoms with E-state index in [4.69, 9.17) is 10.6 Å². The van der Waals surface area contributed by atoms with E-state index in [0.717, 1.165) is 18.8 Å². The summed E-state index contributed by atoms with van der Waals surface area (Å²) in [5, 5.41) is 3.41. The van der Waals surface area contributed by atoms with Crippen molar-refractivity contribution in [3.8, 4) is 0 Å². The first kappa shape index (κ1) is 13.0. The van der Waals surface area contributed by atoms with E-state index in [0.29, 0.717) is 18.1 Å². The lowest BCUT2D eigenvalue weighted by Gasteiger charge is -2.51. The fourth-order valence-electron chi connectivity index (χ4n) is 2.30. The minimum atomic E-state index is 0.108. The zero-order valence-electron chi connectivity index (χ0n) is 11.1. The summed E-state index contributed by atoms with van der Waals surface area (Å²) in [5.74, 6) is 6.49. The standard InChI is InChI=1S/C12H21N5O/c1-4-18-9-7-8(12(9,2)3)15-10-5-6-14-11(16-10)17-13/h5-6,8-9H,4,7,13H2,1-3H3,(H2,14,15,16,17). The molecule has 0 bridgehead atoms. The van der Waals surface area contributed by atoms with Gasteiger partial charge in [-0.1, -0.05) is 13.8 Å². The Labute approximate surface area is 107 Å². The van der Waals surface area contributed by atoms with Gasteiger partial charge >= 0.3 is 0 Å². The largest absolute Gasteiger partial charge is 0.378 e. The van der Waals surface area contributed by atoms with Gasteiger partial charge in [-0.2, -0.15) is 4.98 Å². The van der Waals surface area contributed by atoms with Crippen molar-refractivity contribution < 1.29 is 4.74 Å². The van der Waals surface area contributed by atoms with E-state index in [2.05, 4.69) is 34.6 Å². The number of nitrogens with one attached hydrogen (secondary N) is 2. The van der Waals surface area contributed by atoms with Crippen molar-refractivity contribution in [1.29, 1.82) is 0 Å². The highest BCUT2D eigenvalue weighted by molar-refractivity contribution is 5.41. The van der Waals surface area contributed by atoms with E-state index in [1.807, 2.05) is 13.0 Å². The number of nitrogens with zero attached hydrogens (tertiary/aromatic N) is 2. The van der Waals surface area contributed by atoms with Crippen molar-refractivity contribution in [1.82, 2.24) is 9.97 Å².